The Labute approximate surface area is 219 Å². The van der Waals surface area contributed by atoms with Crippen molar-refractivity contribution in [3.8, 4) is 0 Å². The highest BCUT2D eigenvalue weighted by Crippen LogP contribution is 2.59. The molecule has 0 saturated carbocycles. The molecule has 2 fully saturated rings. The van der Waals surface area contributed by atoms with Crippen LogP contribution in [0.5, 0.6) is 0 Å². The first-order chi connectivity index (χ1) is 18.3. The Balaban J connectivity index is 1.51. The second-order valence-electron chi connectivity index (χ2n) is 9.52. The van der Waals surface area contributed by atoms with Crippen LogP contribution in [0.3, 0.4) is 0 Å². The molecule has 0 spiro atoms. The fraction of sp³-hybridized carbons (Fsp3) is 0.269. The SMILES string of the molecule is NC(=O)N1C(=O)C2C(C1=O)C1C=C(c3ccc(CO)cc3)C2C(c2cccs2)N1Cc1ccc([N+](=O)[O-])o1. The van der Waals surface area contributed by atoms with Crippen LogP contribution in [0, 0.1) is 27.9 Å². The van der Waals surface area contributed by atoms with E-state index in [-0.39, 0.29) is 25.1 Å². The number of imide groups is 3. The lowest BCUT2D eigenvalue weighted by atomic mass is 9.61. The number of nitro groups is 1. The van der Waals surface area contributed by atoms with E-state index in [1.807, 2.05) is 40.6 Å². The summed E-state index contributed by atoms with van der Waals surface area (Å²) in [5.41, 5.74) is 7.88. The number of carbonyl (C=O) groups excluding carboxylic acids is 3. The average molecular weight is 535 g/mol. The summed E-state index contributed by atoms with van der Waals surface area (Å²) in [5.74, 6) is -3.49. The molecular formula is C26H22N4O7S. The molecule has 2 aromatic heterocycles. The molecule has 5 unspecified atom stereocenters. The molecule has 7 rings (SSSR count). The largest absolute Gasteiger partial charge is 0.433 e. The number of benzene rings is 1. The number of primary amides is 1. The maximum atomic E-state index is 13.6. The van der Waals surface area contributed by atoms with Crippen molar-refractivity contribution in [2.75, 3.05) is 0 Å². The number of fused-ring (bicyclic) bond motifs is 1. The number of urea groups is 1. The number of hydrogen-bond donors (Lipinski definition) is 2. The summed E-state index contributed by atoms with van der Waals surface area (Å²) in [4.78, 5) is 53.2. The van der Waals surface area contributed by atoms with Gasteiger partial charge < -0.3 is 15.3 Å². The molecule has 38 heavy (non-hydrogen) atoms. The van der Waals surface area contributed by atoms with Gasteiger partial charge in [-0.2, -0.15) is 4.90 Å². The summed E-state index contributed by atoms with van der Waals surface area (Å²) in [7, 11) is 0. The number of amides is 4. The van der Waals surface area contributed by atoms with Crippen molar-refractivity contribution in [1.29, 1.82) is 0 Å². The summed E-state index contributed by atoms with van der Waals surface area (Å²) >= 11 is 1.50. The normalized spacial score (nSPS) is 26.5. The van der Waals surface area contributed by atoms with Gasteiger partial charge >= 0.3 is 11.9 Å². The third-order valence-electron chi connectivity index (χ3n) is 7.63. The van der Waals surface area contributed by atoms with Gasteiger partial charge in [0.25, 0.3) is 0 Å². The van der Waals surface area contributed by atoms with Gasteiger partial charge in [-0.15, -0.1) is 11.3 Å². The molecule has 3 aromatic rings. The lowest BCUT2D eigenvalue weighted by molar-refractivity contribution is -0.402. The van der Waals surface area contributed by atoms with E-state index in [1.165, 1.54) is 23.5 Å². The van der Waals surface area contributed by atoms with Crippen LogP contribution in [0.15, 0.2) is 64.4 Å². The minimum Gasteiger partial charge on any atom is -0.404 e. The van der Waals surface area contributed by atoms with Gasteiger partial charge in [0, 0.05) is 16.8 Å². The minimum atomic E-state index is -1.11. The first kappa shape index (κ1) is 24.2. The van der Waals surface area contributed by atoms with E-state index in [0.717, 1.165) is 21.6 Å². The summed E-state index contributed by atoms with van der Waals surface area (Å²) in [6.07, 6.45) is 1.94. The number of carbonyl (C=O) groups is 3. The molecule has 5 atom stereocenters. The molecule has 1 aliphatic carbocycles. The Kier molecular flexibility index (Phi) is 5.74. The Bertz CT molecular complexity index is 1480. The smallest absolute Gasteiger partial charge is 0.404 e. The second-order valence-corrected chi connectivity index (χ2v) is 10.5. The highest BCUT2D eigenvalue weighted by Gasteiger charge is 2.65. The van der Waals surface area contributed by atoms with E-state index >= 15 is 0 Å². The molecule has 3 aliphatic heterocycles. The van der Waals surface area contributed by atoms with E-state index in [2.05, 4.69) is 0 Å². The van der Waals surface area contributed by atoms with Crippen LogP contribution < -0.4 is 5.73 Å². The fourth-order valence-electron chi connectivity index (χ4n) is 6.14. The van der Waals surface area contributed by atoms with E-state index in [9.17, 15) is 29.6 Å². The predicted molar refractivity (Wildman–Crippen MR) is 134 cm³/mol. The number of rotatable bonds is 6. The van der Waals surface area contributed by atoms with Crippen LogP contribution in [-0.4, -0.2) is 43.7 Å². The number of furan rings is 1. The van der Waals surface area contributed by atoms with Crippen molar-refractivity contribution in [1.82, 2.24) is 9.80 Å². The Morgan fingerprint density at radius 1 is 1.08 bits per heavy atom. The van der Waals surface area contributed by atoms with Crippen molar-refractivity contribution in [2.45, 2.75) is 25.2 Å². The molecule has 2 saturated heterocycles. The maximum Gasteiger partial charge on any atom is 0.433 e. The zero-order valence-corrected chi connectivity index (χ0v) is 20.6. The van der Waals surface area contributed by atoms with Gasteiger partial charge in [-0.3, -0.25) is 24.6 Å². The van der Waals surface area contributed by atoms with Crippen LogP contribution in [0.4, 0.5) is 10.7 Å². The Morgan fingerprint density at radius 3 is 2.42 bits per heavy atom. The average Bonchev–Trinajstić information content (AvgIpc) is 3.65. The fourth-order valence-corrected chi connectivity index (χ4v) is 7.04. The van der Waals surface area contributed by atoms with Crippen molar-refractivity contribution in [2.24, 2.45) is 23.5 Å². The Hall–Kier alpha value is -4.13. The number of aliphatic hydroxyl groups excluding tert-OH is 1. The third kappa shape index (κ3) is 3.60. The van der Waals surface area contributed by atoms with Gasteiger partial charge in [0.15, 0.2) is 0 Å². The van der Waals surface area contributed by atoms with Crippen molar-refractivity contribution in [3.05, 3.63) is 91.9 Å². The van der Waals surface area contributed by atoms with E-state index in [4.69, 9.17) is 10.2 Å². The van der Waals surface area contributed by atoms with Crippen LogP contribution in [-0.2, 0) is 22.7 Å². The summed E-state index contributed by atoms with van der Waals surface area (Å²) in [6.45, 7) is 0.0313. The first-order valence-electron chi connectivity index (χ1n) is 11.9. The highest BCUT2D eigenvalue weighted by molar-refractivity contribution is 7.10. The molecular weight excluding hydrogens is 512 g/mol. The van der Waals surface area contributed by atoms with Crippen LogP contribution >= 0.6 is 11.3 Å². The molecule has 11 nitrogen and oxygen atoms in total. The number of likely N-dealkylation sites (tertiary alicyclic amines) is 1. The zero-order chi connectivity index (χ0) is 26.7. The molecule has 4 aliphatic rings. The van der Waals surface area contributed by atoms with Gasteiger partial charge in [0.2, 0.25) is 11.8 Å². The number of nitrogens with zero attached hydrogens (tertiary/aromatic N) is 3. The van der Waals surface area contributed by atoms with Crippen molar-refractivity contribution < 1.29 is 28.8 Å². The molecule has 0 radical (unpaired) electrons. The summed E-state index contributed by atoms with van der Waals surface area (Å²) in [5, 5.41) is 22.6. The number of nitrogens with two attached hydrogens (primary N) is 1. The van der Waals surface area contributed by atoms with Gasteiger partial charge in [0.1, 0.15) is 10.7 Å². The number of piperidine rings is 1. The number of thiophene rings is 1. The van der Waals surface area contributed by atoms with Crippen molar-refractivity contribution >= 4 is 40.6 Å². The molecule has 2 bridgehead atoms. The highest BCUT2D eigenvalue weighted by atomic mass is 32.1. The van der Waals surface area contributed by atoms with Gasteiger partial charge in [-0.1, -0.05) is 36.4 Å². The minimum absolute atomic E-state index is 0.114. The van der Waals surface area contributed by atoms with Crippen LogP contribution in [0.2, 0.25) is 0 Å². The molecule has 194 valence electrons. The van der Waals surface area contributed by atoms with Crippen LogP contribution in [0.25, 0.3) is 5.57 Å². The van der Waals surface area contributed by atoms with Gasteiger partial charge in [-0.05, 0) is 34.2 Å². The molecule has 12 heteroatoms. The van der Waals surface area contributed by atoms with E-state index in [1.54, 1.807) is 12.1 Å². The monoisotopic (exact) mass is 534 g/mol. The molecule has 3 N–H and O–H groups in total. The van der Waals surface area contributed by atoms with E-state index in [0.29, 0.717) is 10.7 Å². The van der Waals surface area contributed by atoms with Gasteiger partial charge in [0.05, 0.1) is 37.1 Å². The molecule has 4 amide bonds. The molecule has 1 aromatic carbocycles. The van der Waals surface area contributed by atoms with Gasteiger partial charge in [-0.25, -0.2) is 4.79 Å². The van der Waals surface area contributed by atoms with E-state index < -0.39 is 46.6 Å². The lowest BCUT2D eigenvalue weighted by Gasteiger charge is -2.54. The zero-order valence-electron chi connectivity index (χ0n) is 19.8. The number of aliphatic hydroxyl groups is 1. The predicted octanol–water partition coefficient (Wildman–Crippen LogP) is 3.06. The quantitative estimate of drug-likeness (QED) is 0.277. The first-order valence-corrected chi connectivity index (χ1v) is 12.8. The Morgan fingerprint density at radius 2 is 1.82 bits per heavy atom. The lowest BCUT2D eigenvalue weighted by Crippen LogP contribution is -2.58. The number of hydrogen-bond acceptors (Lipinski definition) is 9. The standard InChI is InChI=1S/C26H22N4O7S/c27-26(34)29-24(32)21-17-10-16(14-5-3-13(12-31)4-6-14)20(22(21)25(29)33)23(18-2-1-9-38-18)28(17)11-15-7-8-19(37-15)30(35)36/h1-10,17,20-23,31H,11-12H2,(H2,27,34). The second kappa shape index (κ2) is 9.01. The summed E-state index contributed by atoms with van der Waals surface area (Å²) < 4.78 is 5.46. The third-order valence-corrected chi connectivity index (χ3v) is 8.58. The molecule has 5 heterocycles. The maximum absolute atomic E-state index is 13.6. The topological polar surface area (TPSA) is 160 Å². The van der Waals surface area contributed by atoms with Crippen LogP contribution in [0.1, 0.15) is 27.8 Å². The summed E-state index contributed by atoms with van der Waals surface area (Å²) in [6, 6.07) is 11.9. The van der Waals surface area contributed by atoms with Crippen molar-refractivity contribution in [3.63, 3.8) is 0 Å².